The van der Waals surface area contributed by atoms with Gasteiger partial charge in [0.2, 0.25) is 5.91 Å². The van der Waals surface area contributed by atoms with Crippen molar-refractivity contribution in [3.05, 3.63) is 0 Å². The quantitative estimate of drug-likeness (QED) is 0.730. The molecule has 0 saturated carbocycles. The lowest BCUT2D eigenvalue weighted by molar-refractivity contribution is -0.145. The van der Waals surface area contributed by atoms with E-state index >= 15 is 0 Å². The number of hydrogen-bond acceptors (Lipinski definition) is 2. The largest absolute Gasteiger partial charge is 0.481 e. The normalized spacial score (nSPS) is 20.8. The van der Waals surface area contributed by atoms with Crippen LogP contribution in [0.2, 0.25) is 0 Å². The van der Waals surface area contributed by atoms with E-state index in [1.807, 2.05) is 0 Å². The molecule has 1 fully saturated rings. The zero-order chi connectivity index (χ0) is 12.0. The first kappa shape index (κ1) is 13.0. The van der Waals surface area contributed by atoms with E-state index in [0.29, 0.717) is 19.4 Å². The van der Waals surface area contributed by atoms with E-state index in [1.165, 1.54) is 0 Å². The average Bonchev–Trinajstić information content (AvgIpc) is 2.29. The van der Waals surface area contributed by atoms with Crippen molar-refractivity contribution in [3.8, 4) is 0 Å². The minimum absolute atomic E-state index is 0.124. The second-order valence-corrected chi connectivity index (χ2v) is 4.47. The molecule has 0 bridgehead atoms. The summed E-state index contributed by atoms with van der Waals surface area (Å²) in [5, 5.41) is 8.91. The molecule has 1 N–H and O–H groups in total. The van der Waals surface area contributed by atoms with Crippen LogP contribution in [0, 0.1) is 5.92 Å². The van der Waals surface area contributed by atoms with Gasteiger partial charge in [-0.1, -0.05) is 19.8 Å². The molecule has 0 aromatic rings. The van der Waals surface area contributed by atoms with E-state index in [0.717, 1.165) is 32.2 Å². The van der Waals surface area contributed by atoms with Crippen molar-refractivity contribution in [3.63, 3.8) is 0 Å². The lowest BCUT2D eigenvalue weighted by Crippen LogP contribution is -2.42. The Balaban J connectivity index is 2.35. The number of nitrogens with zero attached hydrogens (tertiary/aromatic N) is 1. The van der Waals surface area contributed by atoms with Crippen molar-refractivity contribution < 1.29 is 14.7 Å². The van der Waals surface area contributed by atoms with Gasteiger partial charge in [-0.25, -0.2) is 0 Å². The smallest absolute Gasteiger partial charge is 0.308 e. The maximum absolute atomic E-state index is 11.8. The standard InChI is InChI=1S/C12H21NO3/c1-2-3-4-7-11(14)13-8-5-6-10(9-13)12(15)16/h10H,2-9H2,1H3,(H,15,16)/t10-/m1/s1. The number of carbonyl (C=O) groups excluding carboxylic acids is 1. The van der Waals surface area contributed by atoms with Gasteiger partial charge in [-0.15, -0.1) is 0 Å². The highest BCUT2D eigenvalue weighted by molar-refractivity contribution is 5.78. The molecular weight excluding hydrogens is 206 g/mol. The summed E-state index contributed by atoms with van der Waals surface area (Å²) in [6, 6.07) is 0. The van der Waals surface area contributed by atoms with Gasteiger partial charge < -0.3 is 10.0 Å². The Kier molecular flexibility index (Phi) is 5.29. The summed E-state index contributed by atoms with van der Waals surface area (Å²) < 4.78 is 0. The molecule has 4 nitrogen and oxygen atoms in total. The van der Waals surface area contributed by atoms with Gasteiger partial charge in [-0.3, -0.25) is 9.59 Å². The summed E-state index contributed by atoms with van der Waals surface area (Å²) in [6.45, 7) is 3.24. The predicted molar refractivity (Wildman–Crippen MR) is 61.1 cm³/mol. The molecule has 16 heavy (non-hydrogen) atoms. The minimum Gasteiger partial charge on any atom is -0.481 e. The first-order valence-corrected chi connectivity index (χ1v) is 6.15. The van der Waals surface area contributed by atoms with E-state index in [9.17, 15) is 9.59 Å². The number of aliphatic carboxylic acids is 1. The average molecular weight is 227 g/mol. The molecule has 0 unspecified atom stereocenters. The summed E-state index contributed by atoms with van der Waals surface area (Å²) in [7, 11) is 0. The van der Waals surface area contributed by atoms with Crippen molar-refractivity contribution in [2.45, 2.75) is 45.4 Å². The van der Waals surface area contributed by atoms with Crippen molar-refractivity contribution in [2.24, 2.45) is 5.92 Å². The van der Waals surface area contributed by atoms with Crippen molar-refractivity contribution >= 4 is 11.9 Å². The maximum atomic E-state index is 11.8. The zero-order valence-corrected chi connectivity index (χ0v) is 9.95. The number of carbonyl (C=O) groups is 2. The summed E-state index contributed by atoms with van der Waals surface area (Å²) in [5.41, 5.74) is 0. The number of carboxylic acids is 1. The van der Waals surface area contributed by atoms with Crippen molar-refractivity contribution in [1.82, 2.24) is 4.90 Å². The molecule has 0 aliphatic carbocycles. The third-order valence-electron chi connectivity index (χ3n) is 3.12. The number of likely N-dealkylation sites (tertiary alicyclic amines) is 1. The SMILES string of the molecule is CCCCCC(=O)N1CCC[C@@H](C(=O)O)C1. The lowest BCUT2D eigenvalue weighted by atomic mass is 9.98. The van der Waals surface area contributed by atoms with Gasteiger partial charge in [0, 0.05) is 19.5 Å². The molecule has 4 heteroatoms. The van der Waals surface area contributed by atoms with Crippen LogP contribution < -0.4 is 0 Å². The molecule has 1 saturated heterocycles. The Morgan fingerprint density at radius 3 is 2.75 bits per heavy atom. The van der Waals surface area contributed by atoms with Gasteiger partial charge >= 0.3 is 5.97 Å². The Morgan fingerprint density at radius 1 is 1.38 bits per heavy atom. The third kappa shape index (κ3) is 3.83. The van der Waals surface area contributed by atoms with Gasteiger partial charge in [0.15, 0.2) is 0 Å². The summed E-state index contributed by atoms with van der Waals surface area (Å²) >= 11 is 0. The van der Waals surface area contributed by atoms with E-state index < -0.39 is 5.97 Å². The molecule has 0 aromatic heterocycles. The molecule has 0 radical (unpaired) electrons. The molecule has 1 aliphatic rings. The number of amides is 1. The Hall–Kier alpha value is -1.06. The van der Waals surface area contributed by atoms with Crippen LogP contribution in [0.1, 0.15) is 45.4 Å². The number of carboxylic acid groups (broad SMARTS) is 1. The minimum atomic E-state index is -0.772. The fourth-order valence-electron chi connectivity index (χ4n) is 2.09. The third-order valence-corrected chi connectivity index (χ3v) is 3.12. The number of piperidine rings is 1. The lowest BCUT2D eigenvalue weighted by Gasteiger charge is -2.30. The molecule has 1 aliphatic heterocycles. The van der Waals surface area contributed by atoms with Gasteiger partial charge in [0.25, 0.3) is 0 Å². The summed E-state index contributed by atoms with van der Waals surface area (Å²) in [4.78, 5) is 24.3. The van der Waals surface area contributed by atoms with Crippen LogP contribution in [0.5, 0.6) is 0 Å². The highest BCUT2D eigenvalue weighted by Crippen LogP contribution is 2.17. The fraction of sp³-hybridized carbons (Fsp3) is 0.833. The molecule has 0 aromatic carbocycles. The first-order chi connectivity index (χ1) is 7.65. The van der Waals surface area contributed by atoms with Gasteiger partial charge in [-0.2, -0.15) is 0 Å². The van der Waals surface area contributed by atoms with Crippen LogP contribution in [0.15, 0.2) is 0 Å². The molecule has 1 heterocycles. The summed E-state index contributed by atoms with van der Waals surface area (Å²) in [6.07, 6.45) is 5.18. The second-order valence-electron chi connectivity index (χ2n) is 4.47. The zero-order valence-electron chi connectivity index (χ0n) is 9.95. The van der Waals surface area contributed by atoms with E-state index in [4.69, 9.17) is 5.11 Å². The van der Waals surface area contributed by atoms with Crippen LogP contribution in [-0.2, 0) is 9.59 Å². The molecule has 1 rings (SSSR count). The Morgan fingerprint density at radius 2 is 2.12 bits per heavy atom. The van der Waals surface area contributed by atoms with Crippen molar-refractivity contribution in [2.75, 3.05) is 13.1 Å². The van der Waals surface area contributed by atoms with Crippen LogP contribution in [0.25, 0.3) is 0 Å². The van der Waals surface area contributed by atoms with Gasteiger partial charge in [-0.05, 0) is 19.3 Å². The van der Waals surface area contributed by atoms with Gasteiger partial charge in [0.05, 0.1) is 5.92 Å². The molecule has 92 valence electrons. The van der Waals surface area contributed by atoms with E-state index in [-0.39, 0.29) is 11.8 Å². The van der Waals surface area contributed by atoms with E-state index in [1.54, 1.807) is 4.90 Å². The van der Waals surface area contributed by atoms with Crippen LogP contribution in [0.3, 0.4) is 0 Å². The number of hydrogen-bond donors (Lipinski definition) is 1. The second kappa shape index (κ2) is 6.51. The highest BCUT2D eigenvalue weighted by Gasteiger charge is 2.27. The first-order valence-electron chi connectivity index (χ1n) is 6.15. The van der Waals surface area contributed by atoms with Crippen LogP contribution in [0.4, 0.5) is 0 Å². The molecular formula is C12H21NO3. The Bertz CT molecular complexity index is 253. The monoisotopic (exact) mass is 227 g/mol. The number of unbranched alkanes of at least 4 members (excludes halogenated alkanes) is 2. The summed E-state index contributed by atoms with van der Waals surface area (Å²) in [5.74, 6) is -1.01. The number of rotatable bonds is 5. The van der Waals surface area contributed by atoms with Crippen LogP contribution in [-0.4, -0.2) is 35.0 Å². The molecule has 1 atom stereocenters. The van der Waals surface area contributed by atoms with E-state index in [2.05, 4.69) is 6.92 Å². The predicted octanol–water partition coefficient (Wildman–Crippen LogP) is 1.89. The van der Waals surface area contributed by atoms with Gasteiger partial charge in [0.1, 0.15) is 0 Å². The van der Waals surface area contributed by atoms with Crippen molar-refractivity contribution in [1.29, 1.82) is 0 Å². The maximum Gasteiger partial charge on any atom is 0.308 e. The topological polar surface area (TPSA) is 57.6 Å². The Labute approximate surface area is 96.6 Å². The molecule has 0 spiro atoms. The highest BCUT2D eigenvalue weighted by atomic mass is 16.4. The molecule has 1 amide bonds. The van der Waals surface area contributed by atoms with Crippen LogP contribution >= 0.6 is 0 Å². The fourth-order valence-corrected chi connectivity index (χ4v) is 2.09.